The van der Waals surface area contributed by atoms with E-state index in [1.807, 2.05) is 0 Å². The highest BCUT2D eigenvalue weighted by atomic mass is 19.2. The molecular weight excluding hydrogens is 363 g/mol. The zero-order chi connectivity index (χ0) is 19.4. The fourth-order valence-corrected chi connectivity index (χ4v) is 1.91. The molecule has 0 saturated carbocycles. The number of carboxylic acids is 1. The van der Waals surface area contributed by atoms with Gasteiger partial charge in [0.15, 0.2) is 35.7 Å². The zero-order valence-electron chi connectivity index (χ0n) is 12.7. The van der Waals surface area contributed by atoms with Gasteiger partial charge in [0.1, 0.15) is 5.75 Å². The van der Waals surface area contributed by atoms with Gasteiger partial charge in [-0.3, -0.25) is 4.79 Å². The van der Waals surface area contributed by atoms with Crippen molar-refractivity contribution < 1.29 is 41.4 Å². The normalized spacial score (nSPS) is 11.0. The monoisotopic (exact) mass is 372 g/mol. The zero-order valence-corrected chi connectivity index (χ0v) is 12.7. The summed E-state index contributed by atoms with van der Waals surface area (Å²) in [6.45, 7) is -0.655. The second-order valence-electron chi connectivity index (χ2n) is 4.89. The SMILES string of the molecule is O=C(O)COc1cccc(C(=O)/C=C/c2c(F)c(F)c(F)c(F)c2F)c1. The number of benzene rings is 2. The third-order valence-electron chi connectivity index (χ3n) is 3.13. The van der Waals surface area contributed by atoms with Crippen LogP contribution in [0.3, 0.4) is 0 Å². The van der Waals surface area contributed by atoms with E-state index in [1.54, 1.807) is 0 Å². The first kappa shape index (κ1) is 19.1. The standard InChI is InChI=1S/C17H9F5O4/c18-13-10(14(19)16(21)17(22)15(13)20)4-5-11(23)8-2-1-3-9(6-8)26-7-12(24)25/h1-6H,7H2,(H,24,25)/b5-4+. The highest BCUT2D eigenvalue weighted by molar-refractivity contribution is 6.07. The van der Waals surface area contributed by atoms with E-state index in [-0.39, 0.29) is 11.3 Å². The van der Waals surface area contributed by atoms with E-state index in [0.29, 0.717) is 12.2 Å². The van der Waals surface area contributed by atoms with Gasteiger partial charge in [-0.25, -0.2) is 26.7 Å². The molecule has 0 heterocycles. The van der Waals surface area contributed by atoms with Crippen LogP contribution in [0.15, 0.2) is 30.3 Å². The van der Waals surface area contributed by atoms with E-state index in [1.165, 1.54) is 18.2 Å². The number of halogens is 5. The van der Waals surface area contributed by atoms with Gasteiger partial charge in [0, 0.05) is 5.56 Å². The Balaban J connectivity index is 2.28. The van der Waals surface area contributed by atoms with Gasteiger partial charge in [-0.2, -0.15) is 0 Å². The number of allylic oxidation sites excluding steroid dienone is 1. The number of hydrogen-bond donors (Lipinski definition) is 1. The van der Waals surface area contributed by atoms with Gasteiger partial charge in [-0.15, -0.1) is 0 Å². The van der Waals surface area contributed by atoms with Crippen LogP contribution < -0.4 is 4.74 Å². The Bertz CT molecular complexity index is 879. The maximum absolute atomic E-state index is 13.5. The minimum absolute atomic E-state index is 0.0443. The number of carbonyl (C=O) groups excluding carboxylic acids is 1. The average Bonchev–Trinajstić information content (AvgIpc) is 2.63. The summed E-state index contributed by atoms with van der Waals surface area (Å²) < 4.78 is 71.1. The molecule has 0 aliphatic heterocycles. The van der Waals surface area contributed by atoms with Crippen molar-refractivity contribution in [1.82, 2.24) is 0 Å². The lowest BCUT2D eigenvalue weighted by molar-refractivity contribution is -0.139. The van der Waals surface area contributed by atoms with Crippen molar-refractivity contribution in [3.63, 3.8) is 0 Å². The quantitative estimate of drug-likeness (QED) is 0.276. The predicted octanol–water partition coefficient (Wildman–Crippen LogP) is 3.74. The molecule has 0 fully saturated rings. The number of rotatable bonds is 6. The second kappa shape index (κ2) is 7.77. The summed E-state index contributed by atoms with van der Waals surface area (Å²) in [5.74, 6) is -12.7. The maximum atomic E-state index is 13.5. The number of aliphatic carboxylic acids is 1. The van der Waals surface area contributed by atoms with Crippen molar-refractivity contribution >= 4 is 17.8 Å². The van der Waals surface area contributed by atoms with E-state index in [0.717, 1.165) is 6.07 Å². The average molecular weight is 372 g/mol. The summed E-state index contributed by atoms with van der Waals surface area (Å²) >= 11 is 0. The van der Waals surface area contributed by atoms with Crippen molar-refractivity contribution in [1.29, 1.82) is 0 Å². The molecule has 0 spiro atoms. The predicted molar refractivity (Wildman–Crippen MR) is 79.2 cm³/mol. The van der Waals surface area contributed by atoms with Crippen LogP contribution in [0.2, 0.25) is 0 Å². The van der Waals surface area contributed by atoms with Crippen LogP contribution in [-0.4, -0.2) is 23.5 Å². The highest BCUT2D eigenvalue weighted by Crippen LogP contribution is 2.24. The number of hydrogen-bond acceptors (Lipinski definition) is 3. The van der Waals surface area contributed by atoms with E-state index in [2.05, 4.69) is 0 Å². The molecule has 0 aromatic heterocycles. The molecule has 0 bridgehead atoms. The molecule has 0 saturated heterocycles. The highest BCUT2D eigenvalue weighted by Gasteiger charge is 2.24. The van der Waals surface area contributed by atoms with Crippen LogP contribution in [0, 0.1) is 29.1 Å². The molecule has 0 unspecified atom stereocenters. The molecule has 0 aliphatic rings. The Hall–Kier alpha value is -3.23. The summed E-state index contributed by atoms with van der Waals surface area (Å²) in [5.41, 5.74) is -1.30. The largest absolute Gasteiger partial charge is 0.482 e. The van der Waals surface area contributed by atoms with Crippen molar-refractivity contribution in [2.45, 2.75) is 0 Å². The molecular formula is C17H9F5O4. The second-order valence-corrected chi connectivity index (χ2v) is 4.89. The Morgan fingerprint density at radius 3 is 2.12 bits per heavy atom. The Labute approximate surface area is 143 Å². The molecule has 2 rings (SSSR count). The minimum atomic E-state index is -2.30. The first-order valence-corrected chi connectivity index (χ1v) is 6.91. The summed E-state index contributed by atoms with van der Waals surface area (Å²) in [7, 11) is 0. The summed E-state index contributed by atoms with van der Waals surface area (Å²) in [4.78, 5) is 22.4. The molecule has 1 N–H and O–H groups in total. The molecule has 4 nitrogen and oxygen atoms in total. The minimum Gasteiger partial charge on any atom is -0.482 e. The number of ether oxygens (including phenoxy) is 1. The summed E-state index contributed by atoms with van der Waals surface area (Å²) in [6.07, 6.45) is 1.08. The topological polar surface area (TPSA) is 63.6 Å². The summed E-state index contributed by atoms with van der Waals surface area (Å²) in [6, 6.07) is 5.18. The summed E-state index contributed by atoms with van der Waals surface area (Å²) in [5, 5.41) is 8.52. The van der Waals surface area contributed by atoms with E-state index in [9.17, 15) is 31.5 Å². The van der Waals surface area contributed by atoms with Gasteiger partial charge >= 0.3 is 5.97 Å². The van der Waals surface area contributed by atoms with E-state index < -0.39 is 53.0 Å². The first-order valence-electron chi connectivity index (χ1n) is 6.91. The Morgan fingerprint density at radius 1 is 0.962 bits per heavy atom. The molecule has 0 radical (unpaired) electrons. The molecule has 0 aliphatic carbocycles. The number of carboxylic acid groups (broad SMARTS) is 1. The molecule has 9 heteroatoms. The van der Waals surface area contributed by atoms with Crippen molar-refractivity contribution in [3.05, 3.63) is 70.6 Å². The first-order chi connectivity index (χ1) is 12.2. The Morgan fingerprint density at radius 2 is 1.54 bits per heavy atom. The van der Waals surface area contributed by atoms with Gasteiger partial charge in [-0.1, -0.05) is 12.1 Å². The van der Waals surface area contributed by atoms with E-state index in [4.69, 9.17) is 9.84 Å². The van der Waals surface area contributed by atoms with Gasteiger partial charge < -0.3 is 9.84 Å². The van der Waals surface area contributed by atoms with E-state index >= 15 is 0 Å². The molecule has 0 atom stereocenters. The van der Waals surface area contributed by atoms with Crippen LogP contribution >= 0.6 is 0 Å². The van der Waals surface area contributed by atoms with Gasteiger partial charge in [0.2, 0.25) is 5.82 Å². The van der Waals surface area contributed by atoms with Crippen LogP contribution in [-0.2, 0) is 4.79 Å². The number of carbonyl (C=O) groups is 2. The van der Waals surface area contributed by atoms with Crippen LogP contribution in [0.5, 0.6) is 5.75 Å². The maximum Gasteiger partial charge on any atom is 0.341 e. The molecule has 136 valence electrons. The number of ketones is 1. The van der Waals surface area contributed by atoms with Crippen LogP contribution in [0.25, 0.3) is 6.08 Å². The van der Waals surface area contributed by atoms with Gasteiger partial charge in [0.25, 0.3) is 0 Å². The Kier molecular flexibility index (Phi) is 5.71. The lowest BCUT2D eigenvalue weighted by Crippen LogP contribution is -2.09. The lowest BCUT2D eigenvalue weighted by Gasteiger charge is -2.05. The molecule has 0 amide bonds. The smallest absolute Gasteiger partial charge is 0.341 e. The third-order valence-corrected chi connectivity index (χ3v) is 3.13. The van der Waals surface area contributed by atoms with Crippen molar-refractivity contribution in [2.75, 3.05) is 6.61 Å². The van der Waals surface area contributed by atoms with Gasteiger partial charge in [-0.05, 0) is 24.3 Å². The van der Waals surface area contributed by atoms with Crippen molar-refractivity contribution in [2.24, 2.45) is 0 Å². The van der Waals surface area contributed by atoms with Crippen LogP contribution in [0.1, 0.15) is 15.9 Å². The molecule has 26 heavy (non-hydrogen) atoms. The fraction of sp³-hybridized carbons (Fsp3) is 0.0588. The third kappa shape index (κ3) is 4.05. The van der Waals surface area contributed by atoms with Crippen LogP contribution in [0.4, 0.5) is 22.0 Å². The molecule has 2 aromatic carbocycles. The lowest BCUT2D eigenvalue weighted by atomic mass is 10.1. The van der Waals surface area contributed by atoms with Crippen molar-refractivity contribution in [3.8, 4) is 5.75 Å². The van der Waals surface area contributed by atoms with Gasteiger partial charge in [0.05, 0.1) is 5.56 Å². The fourth-order valence-electron chi connectivity index (χ4n) is 1.91. The molecule has 2 aromatic rings.